The van der Waals surface area contributed by atoms with Crippen molar-refractivity contribution in [2.75, 3.05) is 32.8 Å². The fourth-order valence-corrected chi connectivity index (χ4v) is 3.42. The Morgan fingerprint density at radius 2 is 1.86 bits per heavy atom. The molecule has 22 heavy (non-hydrogen) atoms. The molecule has 0 bridgehead atoms. The fraction of sp³-hybridized carbons (Fsp3) is 0.611. The topological polar surface area (TPSA) is 41.6 Å². The first-order valence-electron chi connectivity index (χ1n) is 8.34. The van der Waals surface area contributed by atoms with Crippen LogP contribution in [0.5, 0.6) is 5.75 Å². The summed E-state index contributed by atoms with van der Waals surface area (Å²) >= 11 is 0. The van der Waals surface area contributed by atoms with Gasteiger partial charge in [0.05, 0.1) is 13.0 Å². The molecule has 3 rings (SSSR count). The number of nitrogens with zero attached hydrogens (tertiary/aromatic N) is 1. The highest BCUT2D eigenvalue weighted by atomic mass is 16.5. The summed E-state index contributed by atoms with van der Waals surface area (Å²) in [5.41, 5.74) is 1.31. The van der Waals surface area contributed by atoms with Gasteiger partial charge < -0.3 is 15.0 Å². The molecule has 0 aliphatic carbocycles. The van der Waals surface area contributed by atoms with Crippen molar-refractivity contribution >= 4 is 5.91 Å². The summed E-state index contributed by atoms with van der Waals surface area (Å²) in [6.45, 7) is 8.77. The van der Waals surface area contributed by atoms with Gasteiger partial charge in [-0.05, 0) is 35.4 Å². The van der Waals surface area contributed by atoms with Crippen molar-refractivity contribution < 1.29 is 9.53 Å². The van der Waals surface area contributed by atoms with Crippen LogP contribution in [0.4, 0.5) is 0 Å². The van der Waals surface area contributed by atoms with E-state index in [2.05, 4.69) is 31.3 Å². The van der Waals surface area contributed by atoms with Crippen molar-refractivity contribution in [2.24, 2.45) is 11.8 Å². The van der Waals surface area contributed by atoms with Crippen LogP contribution in [0.25, 0.3) is 0 Å². The summed E-state index contributed by atoms with van der Waals surface area (Å²) in [4.78, 5) is 14.3. The van der Waals surface area contributed by atoms with Crippen molar-refractivity contribution in [1.29, 1.82) is 0 Å². The number of ether oxygens (including phenoxy) is 1. The van der Waals surface area contributed by atoms with E-state index in [4.69, 9.17) is 4.74 Å². The Hall–Kier alpha value is -1.55. The average molecular weight is 302 g/mol. The Kier molecular flexibility index (Phi) is 4.67. The molecule has 1 N–H and O–H groups in total. The molecule has 2 fully saturated rings. The number of rotatable bonds is 5. The summed E-state index contributed by atoms with van der Waals surface area (Å²) in [6.07, 6.45) is 0.471. The molecular weight excluding hydrogens is 276 g/mol. The largest absolute Gasteiger partial charge is 0.493 e. The van der Waals surface area contributed by atoms with Gasteiger partial charge in [-0.25, -0.2) is 0 Å². The SMILES string of the molecule is CC(C)c1ccc(OCCC(=O)N2C[C@H]3CNC[C@H]3C2)cc1. The molecule has 4 nitrogen and oxygen atoms in total. The lowest BCUT2D eigenvalue weighted by atomic mass is 10.0. The minimum Gasteiger partial charge on any atom is -0.493 e. The van der Waals surface area contributed by atoms with Gasteiger partial charge in [0.2, 0.25) is 5.91 Å². The summed E-state index contributed by atoms with van der Waals surface area (Å²) in [5, 5.41) is 3.40. The van der Waals surface area contributed by atoms with Crippen LogP contribution < -0.4 is 10.1 Å². The summed E-state index contributed by atoms with van der Waals surface area (Å²) in [6, 6.07) is 8.17. The van der Waals surface area contributed by atoms with Gasteiger partial charge in [-0.15, -0.1) is 0 Å². The highest BCUT2D eigenvalue weighted by Gasteiger charge is 2.37. The molecule has 120 valence electrons. The molecule has 4 heteroatoms. The number of likely N-dealkylation sites (tertiary alicyclic amines) is 1. The van der Waals surface area contributed by atoms with Crippen LogP contribution in [0.2, 0.25) is 0 Å². The highest BCUT2D eigenvalue weighted by Crippen LogP contribution is 2.26. The molecule has 0 radical (unpaired) electrons. The Bertz CT molecular complexity index is 500. The molecule has 2 aliphatic rings. The molecule has 0 saturated carbocycles. The van der Waals surface area contributed by atoms with E-state index in [9.17, 15) is 4.79 Å². The van der Waals surface area contributed by atoms with Gasteiger partial charge in [0.15, 0.2) is 0 Å². The molecule has 1 aromatic carbocycles. The Balaban J connectivity index is 1.42. The number of nitrogens with one attached hydrogen (secondary N) is 1. The zero-order chi connectivity index (χ0) is 15.5. The van der Waals surface area contributed by atoms with E-state index in [0.29, 0.717) is 30.8 Å². The molecule has 0 unspecified atom stereocenters. The lowest BCUT2D eigenvalue weighted by Crippen LogP contribution is -2.32. The highest BCUT2D eigenvalue weighted by molar-refractivity contribution is 5.76. The van der Waals surface area contributed by atoms with Crippen molar-refractivity contribution in [1.82, 2.24) is 10.2 Å². The summed E-state index contributed by atoms with van der Waals surface area (Å²) < 4.78 is 5.71. The molecule has 1 amide bonds. The first-order chi connectivity index (χ1) is 10.6. The average Bonchev–Trinajstić information content (AvgIpc) is 3.09. The van der Waals surface area contributed by atoms with E-state index in [0.717, 1.165) is 31.9 Å². The molecule has 0 aromatic heterocycles. The van der Waals surface area contributed by atoms with E-state index < -0.39 is 0 Å². The third-order valence-corrected chi connectivity index (χ3v) is 4.87. The number of benzene rings is 1. The number of amides is 1. The smallest absolute Gasteiger partial charge is 0.226 e. The molecule has 2 aliphatic heterocycles. The van der Waals surface area contributed by atoms with Crippen LogP contribution in [0.15, 0.2) is 24.3 Å². The second-order valence-electron chi connectivity index (χ2n) is 6.80. The van der Waals surface area contributed by atoms with Crippen molar-refractivity contribution in [3.63, 3.8) is 0 Å². The predicted molar refractivity (Wildman–Crippen MR) is 87.1 cm³/mol. The molecule has 2 heterocycles. The van der Waals surface area contributed by atoms with E-state index in [1.54, 1.807) is 0 Å². The zero-order valence-electron chi connectivity index (χ0n) is 13.5. The van der Waals surface area contributed by atoms with Crippen LogP contribution in [0, 0.1) is 11.8 Å². The van der Waals surface area contributed by atoms with Crippen LogP contribution in [0.3, 0.4) is 0 Å². The van der Waals surface area contributed by atoms with E-state index in [1.807, 2.05) is 17.0 Å². The standard InChI is InChI=1S/C18H26N2O2/c1-13(2)14-3-5-17(6-4-14)22-8-7-18(21)20-11-15-9-19-10-16(15)12-20/h3-6,13,15-16,19H,7-12H2,1-2H3/t15-,16+. The Morgan fingerprint density at radius 3 is 2.45 bits per heavy atom. The quantitative estimate of drug-likeness (QED) is 0.907. The van der Waals surface area contributed by atoms with Gasteiger partial charge in [-0.1, -0.05) is 26.0 Å². The van der Waals surface area contributed by atoms with Crippen molar-refractivity contribution in [3.05, 3.63) is 29.8 Å². The van der Waals surface area contributed by atoms with Gasteiger partial charge >= 0.3 is 0 Å². The van der Waals surface area contributed by atoms with Gasteiger partial charge in [-0.3, -0.25) is 4.79 Å². The number of fused-ring (bicyclic) bond motifs is 1. The summed E-state index contributed by atoms with van der Waals surface area (Å²) in [5.74, 6) is 2.93. The zero-order valence-corrected chi connectivity index (χ0v) is 13.5. The second-order valence-corrected chi connectivity index (χ2v) is 6.80. The number of hydrogen-bond acceptors (Lipinski definition) is 3. The Morgan fingerprint density at radius 1 is 1.23 bits per heavy atom. The maximum atomic E-state index is 12.2. The number of carbonyl (C=O) groups is 1. The lowest BCUT2D eigenvalue weighted by molar-refractivity contribution is -0.130. The van der Waals surface area contributed by atoms with E-state index in [-0.39, 0.29) is 5.91 Å². The maximum Gasteiger partial charge on any atom is 0.226 e. The van der Waals surface area contributed by atoms with E-state index in [1.165, 1.54) is 5.56 Å². The number of hydrogen-bond donors (Lipinski definition) is 1. The van der Waals surface area contributed by atoms with Crippen LogP contribution in [-0.4, -0.2) is 43.6 Å². The van der Waals surface area contributed by atoms with Gasteiger partial charge in [-0.2, -0.15) is 0 Å². The van der Waals surface area contributed by atoms with Crippen LogP contribution in [-0.2, 0) is 4.79 Å². The second kappa shape index (κ2) is 6.69. The summed E-state index contributed by atoms with van der Waals surface area (Å²) in [7, 11) is 0. The third kappa shape index (κ3) is 3.43. The normalized spacial score (nSPS) is 23.9. The molecule has 0 spiro atoms. The van der Waals surface area contributed by atoms with Gasteiger partial charge in [0.25, 0.3) is 0 Å². The monoisotopic (exact) mass is 302 g/mol. The van der Waals surface area contributed by atoms with Crippen LogP contribution in [0.1, 0.15) is 31.7 Å². The van der Waals surface area contributed by atoms with Crippen LogP contribution >= 0.6 is 0 Å². The minimum atomic E-state index is 0.230. The predicted octanol–water partition coefficient (Wildman–Crippen LogP) is 2.26. The number of carbonyl (C=O) groups excluding carboxylic acids is 1. The van der Waals surface area contributed by atoms with Crippen molar-refractivity contribution in [3.8, 4) is 5.75 Å². The third-order valence-electron chi connectivity index (χ3n) is 4.87. The lowest BCUT2D eigenvalue weighted by Gasteiger charge is -2.17. The van der Waals surface area contributed by atoms with E-state index >= 15 is 0 Å². The van der Waals surface area contributed by atoms with Crippen molar-refractivity contribution in [2.45, 2.75) is 26.2 Å². The Labute approximate surface area is 132 Å². The first kappa shape index (κ1) is 15.3. The fourth-order valence-electron chi connectivity index (χ4n) is 3.42. The molecular formula is C18H26N2O2. The molecule has 2 saturated heterocycles. The first-order valence-corrected chi connectivity index (χ1v) is 8.34. The maximum absolute atomic E-state index is 12.2. The molecule has 2 atom stereocenters. The molecule has 1 aromatic rings. The van der Waals surface area contributed by atoms with Gasteiger partial charge in [0, 0.05) is 26.2 Å². The minimum absolute atomic E-state index is 0.230. The van der Waals surface area contributed by atoms with Gasteiger partial charge in [0.1, 0.15) is 5.75 Å².